The van der Waals surface area contributed by atoms with Crippen LogP contribution < -0.4 is 5.32 Å². The molecule has 0 aromatic heterocycles. The predicted octanol–water partition coefficient (Wildman–Crippen LogP) is 0.541. The van der Waals surface area contributed by atoms with Gasteiger partial charge in [0, 0.05) is 12.6 Å². The maximum absolute atomic E-state index is 8.42. The molecule has 1 aliphatic rings. The monoisotopic (exact) mass is 153 g/mol. The summed E-state index contributed by atoms with van der Waals surface area (Å²) in [5.41, 5.74) is 0. The van der Waals surface area contributed by atoms with Gasteiger partial charge >= 0.3 is 0 Å². The van der Waals surface area contributed by atoms with Crippen LogP contribution in [0.1, 0.15) is 19.3 Å². The SMILES string of the molecule is CN1CCCCC(NC#N)C1. The van der Waals surface area contributed by atoms with Crippen LogP contribution in [0, 0.1) is 11.5 Å². The molecule has 11 heavy (non-hydrogen) atoms. The highest BCUT2D eigenvalue weighted by atomic mass is 15.1. The fourth-order valence-corrected chi connectivity index (χ4v) is 1.54. The van der Waals surface area contributed by atoms with E-state index in [-0.39, 0.29) is 0 Å². The van der Waals surface area contributed by atoms with Crippen molar-refractivity contribution in [3.63, 3.8) is 0 Å². The minimum absolute atomic E-state index is 0.382. The van der Waals surface area contributed by atoms with Crippen molar-refractivity contribution in [3.8, 4) is 6.19 Å². The second kappa shape index (κ2) is 4.20. The van der Waals surface area contributed by atoms with Crippen LogP contribution in [0.3, 0.4) is 0 Å². The van der Waals surface area contributed by atoms with Gasteiger partial charge in [-0.2, -0.15) is 5.26 Å². The highest BCUT2D eigenvalue weighted by molar-refractivity contribution is 4.80. The molecule has 62 valence electrons. The number of likely N-dealkylation sites (N-methyl/N-ethyl adjacent to an activating group) is 1. The Kier molecular flexibility index (Phi) is 3.18. The van der Waals surface area contributed by atoms with E-state index in [1.807, 2.05) is 6.19 Å². The number of nitrogens with one attached hydrogen (secondary N) is 1. The van der Waals surface area contributed by atoms with E-state index in [2.05, 4.69) is 17.3 Å². The van der Waals surface area contributed by atoms with Crippen LogP contribution >= 0.6 is 0 Å². The molecule has 0 radical (unpaired) electrons. The molecule has 3 nitrogen and oxygen atoms in total. The van der Waals surface area contributed by atoms with Crippen molar-refractivity contribution < 1.29 is 0 Å². The zero-order valence-corrected chi connectivity index (χ0v) is 7.01. The first-order valence-corrected chi connectivity index (χ1v) is 4.16. The summed E-state index contributed by atoms with van der Waals surface area (Å²) in [4.78, 5) is 2.28. The average Bonchev–Trinajstić information content (AvgIpc) is 2.15. The van der Waals surface area contributed by atoms with E-state index in [9.17, 15) is 0 Å². The molecular weight excluding hydrogens is 138 g/mol. The molecule has 0 bridgehead atoms. The topological polar surface area (TPSA) is 39.1 Å². The van der Waals surface area contributed by atoms with Crippen LogP contribution in [0.15, 0.2) is 0 Å². The molecule has 0 spiro atoms. The number of hydrogen-bond donors (Lipinski definition) is 1. The van der Waals surface area contributed by atoms with Crippen molar-refractivity contribution in [2.75, 3.05) is 20.1 Å². The van der Waals surface area contributed by atoms with E-state index in [0.29, 0.717) is 6.04 Å². The number of rotatable bonds is 1. The Morgan fingerprint density at radius 3 is 3.09 bits per heavy atom. The molecule has 0 aromatic rings. The maximum Gasteiger partial charge on any atom is 0.176 e. The summed E-state index contributed by atoms with van der Waals surface area (Å²) in [5.74, 6) is 0. The third-order valence-electron chi connectivity index (χ3n) is 2.14. The minimum atomic E-state index is 0.382. The Morgan fingerprint density at radius 1 is 1.55 bits per heavy atom. The Bertz CT molecular complexity index is 150. The third-order valence-corrected chi connectivity index (χ3v) is 2.14. The van der Waals surface area contributed by atoms with Crippen LogP contribution in [-0.2, 0) is 0 Å². The van der Waals surface area contributed by atoms with Gasteiger partial charge in [-0.15, -0.1) is 0 Å². The van der Waals surface area contributed by atoms with Gasteiger partial charge in [0.05, 0.1) is 0 Å². The molecule has 0 aliphatic carbocycles. The van der Waals surface area contributed by atoms with Gasteiger partial charge in [0.2, 0.25) is 0 Å². The first-order chi connectivity index (χ1) is 5.33. The van der Waals surface area contributed by atoms with Crippen molar-refractivity contribution in [1.82, 2.24) is 10.2 Å². The first kappa shape index (κ1) is 8.35. The second-order valence-electron chi connectivity index (χ2n) is 3.21. The molecule has 1 rings (SSSR count). The minimum Gasteiger partial charge on any atom is -0.319 e. The molecule has 1 N–H and O–H groups in total. The van der Waals surface area contributed by atoms with E-state index < -0.39 is 0 Å². The molecule has 0 amide bonds. The summed E-state index contributed by atoms with van der Waals surface area (Å²) >= 11 is 0. The van der Waals surface area contributed by atoms with Crippen LogP contribution in [0.5, 0.6) is 0 Å². The molecule has 1 unspecified atom stereocenters. The van der Waals surface area contributed by atoms with Gasteiger partial charge in [-0.3, -0.25) is 0 Å². The van der Waals surface area contributed by atoms with Gasteiger partial charge in [0.25, 0.3) is 0 Å². The lowest BCUT2D eigenvalue weighted by molar-refractivity contribution is 0.322. The van der Waals surface area contributed by atoms with Crippen LogP contribution in [0.25, 0.3) is 0 Å². The van der Waals surface area contributed by atoms with E-state index >= 15 is 0 Å². The first-order valence-electron chi connectivity index (χ1n) is 4.16. The number of hydrogen-bond acceptors (Lipinski definition) is 3. The van der Waals surface area contributed by atoms with Crippen LogP contribution in [0.2, 0.25) is 0 Å². The lowest BCUT2D eigenvalue weighted by Gasteiger charge is -2.17. The Hall–Kier alpha value is -0.750. The summed E-state index contributed by atoms with van der Waals surface area (Å²) in [6.07, 6.45) is 5.65. The molecular formula is C8H15N3. The number of nitriles is 1. The van der Waals surface area contributed by atoms with E-state index in [4.69, 9.17) is 5.26 Å². The van der Waals surface area contributed by atoms with E-state index in [1.54, 1.807) is 0 Å². The largest absolute Gasteiger partial charge is 0.319 e. The Labute approximate surface area is 68.0 Å². The molecule has 1 atom stereocenters. The fraction of sp³-hybridized carbons (Fsp3) is 0.875. The van der Waals surface area contributed by atoms with Gasteiger partial charge < -0.3 is 10.2 Å². The zero-order chi connectivity index (χ0) is 8.10. The summed E-state index contributed by atoms with van der Waals surface area (Å²) in [6.45, 7) is 2.18. The highest BCUT2D eigenvalue weighted by Gasteiger charge is 2.13. The van der Waals surface area contributed by atoms with Gasteiger partial charge in [-0.05, 0) is 26.4 Å². The summed E-state index contributed by atoms with van der Waals surface area (Å²) < 4.78 is 0. The van der Waals surface area contributed by atoms with Gasteiger partial charge in [-0.25, -0.2) is 0 Å². The second-order valence-corrected chi connectivity index (χ2v) is 3.21. The molecule has 0 aromatic carbocycles. The maximum atomic E-state index is 8.42. The van der Waals surface area contributed by atoms with Gasteiger partial charge in [0.1, 0.15) is 0 Å². The van der Waals surface area contributed by atoms with Crippen molar-refractivity contribution in [2.24, 2.45) is 0 Å². The molecule has 0 saturated carbocycles. The number of likely N-dealkylation sites (tertiary alicyclic amines) is 1. The number of nitrogens with zero attached hydrogens (tertiary/aromatic N) is 2. The van der Waals surface area contributed by atoms with Crippen LogP contribution in [-0.4, -0.2) is 31.1 Å². The summed E-state index contributed by atoms with van der Waals surface area (Å²) in [6, 6.07) is 0.382. The fourth-order valence-electron chi connectivity index (χ4n) is 1.54. The molecule has 3 heteroatoms. The molecule has 1 heterocycles. The highest BCUT2D eigenvalue weighted by Crippen LogP contribution is 2.08. The predicted molar refractivity (Wildman–Crippen MR) is 43.9 cm³/mol. The molecule has 1 aliphatic heterocycles. The Balaban J connectivity index is 2.34. The van der Waals surface area contributed by atoms with Crippen LogP contribution in [0.4, 0.5) is 0 Å². The van der Waals surface area contributed by atoms with Crippen molar-refractivity contribution in [1.29, 1.82) is 5.26 Å². The molecule has 1 saturated heterocycles. The smallest absolute Gasteiger partial charge is 0.176 e. The van der Waals surface area contributed by atoms with Crippen molar-refractivity contribution >= 4 is 0 Å². The molecule has 1 fully saturated rings. The quantitative estimate of drug-likeness (QED) is 0.441. The summed E-state index contributed by atoms with van der Waals surface area (Å²) in [5, 5.41) is 11.2. The average molecular weight is 153 g/mol. The van der Waals surface area contributed by atoms with Gasteiger partial charge in [0.15, 0.2) is 6.19 Å². The van der Waals surface area contributed by atoms with E-state index in [0.717, 1.165) is 13.0 Å². The lowest BCUT2D eigenvalue weighted by Crippen LogP contribution is -2.35. The standard InChI is InChI=1S/C8H15N3/c1-11-5-3-2-4-8(6-11)10-7-9/h8,10H,2-6H2,1H3. The lowest BCUT2D eigenvalue weighted by atomic mass is 10.1. The Morgan fingerprint density at radius 2 is 2.36 bits per heavy atom. The normalized spacial score (nSPS) is 27.1. The van der Waals surface area contributed by atoms with Gasteiger partial charge in [-0.1, -0.05) is 6.42 Å². The zero-order valence-electron chi connectivity index (χ0n) is 7.01. The third kappa shape index (κ3) is 2.77. The van der Waals surface area contributed by atoms with E-state index in [1.165, 1.54) is 19.4 Å². The van der Waals surface area contributed by atoms with Crippen molar-refractivity contribution in [2.45, 2.75) is 25.3 Å². The van der Waals surface area contributed by atoms with Crippen molar-refractivity contribution in [3.05, 3.63) is 0 Å². The summed E-state index contributed by atoms with van der Waals surface area (Å²) in [7, 11) is 2.11.